The van der Waals surface area contributed by atoms with Crippen molar-refractivity contribution in [1.82, 2.24) is 14.5 Å². The second-order valence-electron chi connectivity index (χ2n) is 10.0. The van der Waals surface area contributed by atoms with E-state index < -0.39 is 30.1 Å². The Morgan fingerprint density at radius 2 is 1.53 bits per heavy atom. The van der Waals surface area contributed by atoms with Crippen LogP contribution in [0.5, 0.6) is 0 Å². The number of amides is 1. The van der Waals surface area contributed by atoms with Crippen LogP contribution in [0, 0.1) is 6.92 Å². The van der Waals surface area contributed by atoms with Crippen molar-refractivity contribution >= 4 is 23.5 Å². The fourth-order valence-electron chi connectivity index (χ4n) is 4.94. The van der Waals surface area contributed by atoms with Gasteiger partial charge < -0.3 is 25.4 Å². The monoisotopic (exact) mass is 594 g/mol. The summed E-state index contributed by atoms with van der Waals surface area (Å²) in [7, 11) is 0. The van der Waals surface area contributed by atoms with Gasteiger partial charge in [0.05, 0.1) is 24.5 Å². The van der Waals surface area contributed by atoms with E-state index in [4.69, 9.17) is 15.6 Å². The van der Waals surface area contributed by atoms with Gasteiger partial charge in [0.1, 0.15) is 6.04 Å². The Morgan fingerprint density at radius 1 is 0.977 bits per heavy atom. The molecule has 1 amide bonds. The summed E-state index contributed by atoms with van der Waals surface area (Å²) in [4.78, 5) is 41.4. The lowest BCUT2D eigenvalue weighted by Crippen LogP contribution is -2.50. The molecule has 2 heterocycles. The number of fused-ring (bicyclic) bond motifs is 1. The fraction of sp³-hybridized carbons (Fsp3) is 0.226. The predicted molar refractivity (Wildman–Crippen MR) is 151 cm³/mol. The lowest BCUT2D eigenvalue weighted by atomic mass is 9.88. The summed E-state index contributed by atoms with van der Waals surface area (Å²) < 4.78 is 33.7. The molecule has 1 aliphatic rings. The first-order chi connectivity index (χ1) is 20.4. The van der Waals surface area contributed by atoms with Crippen molar-refractivity contribution < 1.29 is 37.8 Å². The molecule has 224 valence electrons. The SMILES string of the molecule is Cc1cc(Cn2cnc3c2C[C@@H](C(=O)O)N(C(=O)C(c2ccccc2)c2ccccc2)C3)ccc1N.O=C(O)C(F)(F)F. The molecule has 12 heteroatoms. The molecule has 1 aliphatic heterocycles. The third-order valence-corrected chi connectivity index (χ3v) is 7.13. The normalized spacial score (nSPS) is 14.4. The summed E-state index contributed by atoms with van der Waals surface area (Å²) in [5, 5.41) is 17.3. The number of rotatable bonds is 6. The third kappa shape index (κ3) is 7.21. The van der Waals surface area contributed by atoms with E-state index in [1.54, 1.807) is 6.33 Å². The second kappa shape index (κ2) is 12.8. The maximum Gasteiger partial charge on any atom is 0.490 e. The number of nitrogen functional groups attached to an aromatic ring is 1. The van der Waals surface area contributed by atoms with Crippen molar-refractivity contribution in [2.45, 2.75) is 44.6 Å². The minimum atomic E-state index is -5.08. The molecular formula is C31H29F3N4O5. The maximum atomic E-state index is 14.0. The molecule has 0 bridgehead atoms. The minimum Gasteiger partial charge on any atom is -0.480 e. The Kier molecular flexibility index (Phi) is 9.18. The summed E-state index contributed by atoms with van der Waals surface area (Å²) in [6.45, 7) is 2.66. The molecule has 5 rings (SSSR count). The predicted octanol–water partition coefficient (Wildman–Crippen LogP) is 4.63. The van der Waals surface area contributed by atoms with E-state index in [-0.39, 0.29) is 18.9 Å². The largest absolute Gasteiger partial charge is 0.490 e. The molecule has 4 N–H and O–H groups in total. The van der Waals surface area contributed by atoms with Crippen LogP contribution >= 0.6 is 0 Å². The first-order valence-corrected chi connectivity index (χ1v) is 13.2. The van der Waals surface area contributed by atoms with Crippen molar-refractivity contribution in [3.8, 4) is 0 Å². The van der Waals surface area contributed by atoms with E-state index in [1.165, 1.54) is 4.90 Å². The van der Waals surface area contributed by atoms with Gasteiger partial charge in [-0.2, -0.15) is 13.2 Å². The summed E-state index contributed by atoms with van der Waals surface area (Å²) >= 11 is 0. The highest BCUT2D eigenvalue weighted by Gasteiger charge is 2.40. The number of nitrogens with zero attached hydrogens (tertiary/aromatic N) is 3. The Morgan fingerprint density at radius 3 is 2.02 bits per heavy atom. The quantitative estimate of drug-likeness (QED) is 0.277. The van der Waals surface area contributed by atoms with Gasteiger partial charge in [-0.15, -0.1) is 0 Å². The van der Waals surface area contributed by atoms with E-state index in [9.17, 15) is 27.9 Å². The number of carboxylic acids is 2. The fourth-order valence-corrected chi connectivity index (χ4v) is 4.94. The first-order valence-electron chi connectivity index (χ1n) is 13.2. The number of carbonyl (C=O) groups excluding carboxylic acids is 1. The molecule has 1 aromatic heterocycles. The van der Waals surface area contributed by atoms with Crippen LogP contribution in [0.1, 0.15) is 39.6 Å². The topological polar surface area (TPSA) is 139 Å². The van der Waals surface area contributed by atoms with Gasteiger partial charge >= 0.3 is 18.1 Å². The number of alkyl halides is 3. The number of aromatic nitrogens is 2. The van der Waals surface area contributed by atoms with Crippen LogP contribution < -0.4 is 5.73 Å². The van der Waals surface area contributed by atoms with Crippen LogP contribution in [0.2, 0.25) is 0 Å². The number of halogens is 3. The number of aliphatic carboxylic acids is 2. The Bertz CT molecular complexity index is 1570. The van der Waals surface area contributed by atoms with Crippen LogP contribution in [0.4, 0.5) is 18.9 Å². The van der Waals surface area contributed by atoms with E-state index >= 15 is 0 Å². The Balaban J connectivity index is 0.000000541. The maximum absolute atomic E-state index is 14.0. The van der Waals surface area contributed by atoms with E-state index in [0.29, 0.717) is 6.54 Å². The number of hydrogen-bond acceptors (Lipinski definition) is 5. The number of hydrogen-bond donors (Lipinski definition) is 3. The number of aryl methyl sites for hydroxylation is 1. The molecule has 0 saturated heterocycles. The molecule has 1 atom stereocenters. The molecule has 3 aromatic carbocycles. The number of carbonyl (C=O) groups is 3. The van der Waals surface area contributed by atoms with Crippen molar-refractivity contribution in [3.05, 3.63) is 119 Å². The van der Waals surface area contributed by atoms with E-state index in [0.717, 1.165) is 39.3 Å². The Labute approximate surface area is 245 Å². The summed E-state index contributed by atoms with van der Waals surface area (Å²) in [5.41, 5.74) is 12.0. The van der Waals surface area contributed by atoms with Crippen molar-refractivity contribution in [3.63, 3.8) is 0 Å². The van der Waals surface area contributed by atoms with Gasteiger partial charge in [0, 0.05) is 24.3 Å². The van der Waals surface area contributed by atoms with Gasteiger partial charge in [-0.3, -0.25) is 4.79 Å². The highest BCUT2D eigenvalue weighted by atomic mass is 19.4. The average molecular weight is 595 g/mol. The highest BCUT2D eigenvalue weighted by molar-refractivity contribution is 5.91. The molecule has 0 fully saturated rings. The molecule has 0 aliphatic carbocycles. The molecule has 0 spiro atoms. The molecule has 0 unspecified atom stereocenters. The van der Waals surface area contributed by atoms with Crippen LogP contribution in [0.25, 0.3) is 0 Å². The molecule has 4 aromatic rings. The zero-order valence-corrected chi connectivity index (χ0v) is 23.0. The van der Waals surface area contributed by atoms with Crippen LogP contribution in [-0.4, -0.2) is 54.7 Å². The van der Waals surface area contributed by atoms with E-state index in [1.807, 2.05) is 90.4 Å². The van der Waals surface area contributed by atoms with Gasteiger partial charge in [0.15, 0.2) is 0 Å². The number of benzene rings is 3. The lowest BCUT2D eigenvalue weighted by molar-refractivity contribution is -0.192. The summed E-state index contributed by atoms with van der Waals surface area (Å²) in [5.74, 6) is -4.62. The summed E-state index contributed by atoms with van der Waals surface area (Å²) in [6, 6.07) is 23.9. The van der Waals surface area contributed by atoms with Gasteiger partial charge in [-0.05, 0) is 35.2 Å². The molecular weight excluding hydrogens is 565 g/mol. The third-order valence-electron chi connectivity index (χ3n) is 7.13. The molecule has 9 nitrogen and oxygen atoms in total. The number of nitrogens with two attached hydrogens (primary N) is 1. The second-order valence-corrected chi connectivity index (χ2v) is 10.0. The van der Waals surface area contributed by atoms with Crippen LogP contribution in [0.3, 0.4) is 0 Å². The van der Waals surface area contributed by atoms with E-state index in [2.05, 4.69) is 4.98 Å². The van der Waals surface area contributed by atoms with Crippen molar-refractivity contribution in [1.29, 1.82) is 0 Å². The summed E-state index contributed by atoms with van der Waals surface area (Å²) in [6.07, 6.45) is -3.16. The number of anilines is 1. The number of carboxylic acid groups (broad SMARTS) is 2. The van der Waals surface area contributed by atoms with Crippen LogP contribution in [0.15, 0.2) is 85.2 Å². The van der Waals surface area contributed by atoms with Crippen molar-refractivity contribution in [2.75, 3.05) is 5.73 Å². The Hall–Kier alpha value is -5.13. The molecule has 43 heavy (non-hydrogen) atoms. The molecule has 0 radical (unpaired) electrons. The van der Waals surface area contributed by atoms with Gasteiger partial charge in [0.2, 0.25) is 5.91 Å². The lowest BCUT2D eigenvalue weighted by Gasteiger charge is -2.35. The minimum absolute atomic E-state index is 0.148. The zero-order valence-electron chi connectivity index (χ0n) is 23.0. The smallest absolute Gasteiger partial charge is 0.480 e. The first kappa shape index (κ1) is 30.8. The van der Waals surface area contributed by atoms with Crippen molar-refractivity contribution in [2.24, 2.45) is 0 Å². The van der Waals surface area contributed by atoms with Gasteiger partial charge in [0.25, 0.3) is 0 Å². The highest BCUT2D eigenvalue weighted by Crippen LogP contribution is 2.32. The molecule has 0 saturated carbocycles. The van der Waals surface area contributed by atoms with Gasteiger partial charge in [-0.1, -0.05) is 72.8 Å². The van der Waals surface area contributed by atoms with Crippen LogP contribution in [-0.2, 0) is 33.9 Å². The standard InChI is InChI=1S/C29H28N4O3.C2HF3O2/c1-19-14-20(12-13-23(19)30)16-32-18-31-24-17-33(26(29(35)36)15-25(24)32)28(34)27(21-8-4-2-5-9-21)22-10-6-3-7-11-22;3-2(4,5)1(6)7/h2-14,18,26-27H,15-17,30H2,1H3,(H,35,36);(H,6,7)/t26-;/m0./s1. The zero-order chi connectivity index (χ0) is 31.3. The average Bonchev–Trinajstić information content (AvgIpc) is 3.37. The number of imidazole rings is 1. The van der Waals surface area contributed by atoms with Gasteiger partial charge in [-0.25, -0.2) is 14.6 Å².